The van der Waals surface area contributed by atoms with Gasteiger partial charge in [-0.3, -0.25) is 4.99 Å². The molecule has 0 bridgehead atoms. The number of alkyl halides is 3. The molecule has 1 saturated heterocycles. The number of thioether (sulfide) groups is 1. The zero-order valence-corrected chi connectivity index (χ0v) is 10.2. The minimum Gasteiger partial charge on any atom is -0.390 e. The second-order valence-corrected chi connectivity index (χ2v) is 5.22. The van der Waals surface area contributed by atoms with Crippen LogP contribution in [0.4, 0.5) is 13.2 Å². The van der Waals surface area contributed by atoms with Crippen LogP contribution in [0.2, 0.25) is 0 Å². The number of aliphatic hydroxyl groups excluding tert-OH is 2. The molecule has 2 heterocycles. The number of nitrogens with one attached hydrogen (secondary N) is 1. The number of halogens is 3. The molecule has 1 unspecified atom stereocenters. The lowest BCUT2D eigenvalue weighted by molar-refractivity contribution is -0.260. The molecule has 0 radical (unpaired) electrons. The van der Waals surface area contributed by atoms with Crippen LogP contribution in [0.3, 0.4) is 0 Å². The Morgan fingerprint density at radius 1 is 1.56 bits per heavy atom. The maximum Gasteiger partial charge on any atom is 0.417 e. The molecule has 0 saturated carbocycles. The van der Waals surface area contributed by atoms with Gasteiger partial charge in [0.05, 0.1) is 12.1 Å². The summed E-state index contributed by atoms with van der Waals surface area (Å²) in [6.45, 7) is 0. The maximum atomic E-state index is 12.4. The lowest BCUT2D eigenvalue weighted by Gasteiger charge is -2.37. The molecular formula is C9H13F3N2O3S. The number of aliphatic hydroxyl groups is 2. The van der Waals surface area contributed by atoms with E-state index in [1.54, 1.807) is 7.05 Å². The Balaban J connectivity index is 2.06. The Hall–Kier alpha value is -0.510. The lowest BCUT2D eigenvalue weighted by Crippen LogP contribution is -2.54. The van der Waals surface area contributed by atoms with Gasteiger partial charge in [-0.2, -0.15) is 13.2 Å². The average molecular weight is 286 g/mol. The molecule has 0 aromatic rings. The normalized spacial score (nSPS) is 38.0. The van der Waals surface area contributed by atoms with Gasteiger partial charge in [0.1, 0.15) is 11.5 Å². The molecule has 0 spiro atoms. The summed E-state index contributed by atoms with van der Waals surface area (Å²) in [6.07, 6.45) is -10.5. The monoisotopic (exact) mass is 286 g/mol. The zero-order valence-electron chi connectivity index (χ0n) is 9.39. The van der Waals surface area contributed by atoms with Gasteiger partial charge in [0, 0.05) is 13.5 Å². The van der Waals surface area contributed by atoms with Gasteiger partial charge in [-0.15, -0.1) is 0 Å². The van der Waals surface area contributed by atoms with Crippen LogP contribution in [0.5, 0.6) is 0 Å². The Morgan fingerprint density at radius 3 is 2.78 bits per heavy atom. The minimum absolute atomic E-state index is 0.0423. The van der Waals surface area contributed by atoms with Crippen molar-refractivity contribution in [1.82, 2.24) is 5.32 Å². The van der Waals surface area contributed by atoms with E-state index < -0.39 is 29.9 Å². The van der Waals surface area contributed by atoms with Gasteiger partial charge in [0.25, 0.3) is 0 Å². The van der Waals surface area contributed by atoms with E-state index in [-0.39, 0.29) is 12.5 Å². The average Bonchev–Trinajstić information content (AvgIpc) is 2.67. The highest BCUT2D eigenvalue weighted by molar-refractivity contribution is 8.14. The van der Waals surface area contributed by atoms with Crippen molar-refractivity contribution in [3.8, 4) is 0 Å². The standard InChI is InChI=1S/C9H13F3N2O3S/c1-13-8-14-3-2-4(15)5(17-7(3)18-8)6(16)9(10,11)12/h3-7,15-16H,2H2,1H3,(H,13,14)/t3-,4+,5+,6?,7-/m1/s1. The van der Waals surface area contributed by atoms with Crippen LogP contribution in [0.1, 0.15) is 6.42 Å². The Labute approximate surface area is 105 Å². The fourth-order valence-corrected chi connectivity index (χ4v) is 2.98. The minimum atomic E-state index is -4.81. The van der Waals surface area contributed by atoms with E-state index in [4.69, 9.17) is 9.84 Å². The van der Waals surface area contributed by atoms with Gasteiger partial charge in [-0.25, -0.2) is 0 Å². The first-order valence-corrected chi connectivity index (χ1v) is 6.21. The summed E-state index contributed by atoms with van der Waals surface area (Å²) in [6, 6.07) is -0.385. The predicted molar refractivity (Wildman–Crippen MR) is 59.2 cm³/mol. The molecule has 2 aliphatic rings. The van der Waals surface area contributed by atoms with Crippen LogP contribution < -0.4 is 5.32 Å². The first-order valence-electron chi connectivity index (χ1n) is 5.33. The number of nitrogens with zero attached hydrogens (tertiary/aromatic N) is 1. The van der Waals surface area contributed by atoms with Crippen molar-refractivity contribution in [2.75, 3.05) is 7.05 Å². The Morgan fingerprint density at radius 2 is 2.22 bits per heavy atom. The van der Waals surface area contributed by atoms with Crippen molar-refractivity contribution >= 4 is 16.9 Å². The summed E-state index contributed by atoms with van der Waals surface area (Å²) in [7, 11) is 1.64. The Kier molecular flexibility index (Phi) is 3.77. The third-order valence-electron chi connectivity index (χ3n) is 2.84. The number of hydrogen-bond acceptors (Lipinski definition) is 6. The van der Waals surface area contributed by atoms with Crippen LogP contribution in [0.25, 0.3) is 0 Å². The molecule has 0 aliphatic carbocycles. The summed E-state index contributed by atoms with van der Waals surface area (Å²) >= 11 is 1.16. The van der Waals surface area contributed by atoms with E-state index in [2.05, 4.69) is 10.3 Å². The van der Waals surface area contributed by atoms with Gasteiger partial charge >= 0.3 is 6.18 Å². The van der Waals surface area contributed by atoms with Crippen molar-refractivity contribution in [2.24, 2.45) is 4.99 Å². The summed E-state index contributed by atoms with van der Waals surface area (Å²) < 4.78 is 42.3. The summed E-state index contributed by atoms with van der Waals surface area (Å²) in [5.41, 5.74) is -0.599. The summed E-state index contributed by atoms with van der Waals surface area (Å²) in [4.78, 5) is 4.16. The molecule has 3 N–H and O–H groups in total. The fourth-order valence-electron chi connectivity index (χ4n) is 1.93. The second kappa shape index (κ2) is 4.87. The zero-order chi connectivity index (χ0) is 13.5. The highest BCUT2D eigenvalue weighted by Gasteiger charge is 2.52. The smallest absolute Gasteiger partial charge is 0.390 e. The van der Waals surface area contributed by atoms with Crippen molar-refractivity contribution in [3.63, 3.8) is 0 Å². The first-order chi connectivity index (χ1) is 8.32. The third kappa shape index (κ3) is 2.58. The van der Waals surface area contributed by atoms with Gasteiger partial charge in [-0.1, -0.05) is 11.8 Å². The van der Waals surface area contributed by atoms with Crippen molar-refractivity contribution in [1.29, 1.82) is 0 Å². The molecule has 0 aromatic carbocycles. The maximum absolute atomic E-state index is 12.4. The molecule has 0 amide bonds. The Bertz CT molecular complexity index is 352. The summed E-state index contributed by atoms with van der Waals surface area (Å²) in [5.74, 6) is 0. The van der Waals surface area contributed by atoms with Crippen molar-refractivity contribution < 1.29 is 28.1 Å². The molecule has 104 valence electrons. The molecular weight excluding hydrogens is 273 g/mol. The quantitative estimate of drug-likeness (QED) is 0.636. The lowest BCUT2D eigenvalue weighted by atomic mass is 9.97. The molecule has 9 heteroatoms. The number of ether oxygens (including phenoxy) is 1. The number of hydrogen-bond donors (Lipinski definition) is 3. The van der Waals surface area contributed by atoms with E-state index in [9.17, 15) is 18.3 Å². The number of fused-ring (bicyclic) bond motifs is 1. The van der Waals surface area contributed by atoms with Crippen LogP contribution >= 0.6 is 11.8 Å². The predicted octanol–water partition coefficient (Wildman–Crippen LogP) is 0.0763. The van der Waals surface area contributed by atoms with Crippen LogP contribution in [-0.2, 0) is 4.74 Å². The SMILES string of the molecule is CNC1=N[C@@H]2C[C@H](O)[C@@H](C(O)C(F)(F)F)O[C@@H]2S1. The molecule has 0 aromatic heterocycles. The molecule has 2 rings (SSSR count). The fraction of sp³-hybridized carbons (Fsp3) is 0.889. The first kappa shape index (κ1) is 13.9. The molecule has 2 aliphatic heterocycles. The molecule has 5 atom stereocenters. The number of amidine groups is 1. The third-order valence-corrected chi connectivity index (χ3v) is 4.03. The van der Waals surface area contributed by atoms with Crippen molar-refractivity contribution in [2.45, 2.75) is 42.4 Å². The molecule has 18 heavy (non-hydrogen) atoms. The van der Waals surface area contributed by atoms with Crippen LogP contribution in [-0.4, -0.2) is 58.4 Å². The van der Waals surface area contributed by atoms with E-state index in [0.717, 1.165) is 11.8 Å². The van der Waals surface area contributed by atoms with Crippen LogP contribution in [0.15, 0.2) is 4.99 Å². The topological polar surface area (TPSA) is 74.1 Å². The van der Waals surface area contributed by atoms with Gasteiger partial charge in [0.15, 0.2) is 11.3 Å². The van der Waals surface area contributed by atoms with E-state index in [1.807, 2.05) is 0 Å². The number of rotatable bonds is 1. The highest BCUT2D eigenvalue weighted by Crippen LogP contribution is 2.38. The van der Waals surface area contributed by atoms with Crippen molar-refractivity contribution in [3.05, 3.63) is 0 Å². The van der Waals surface area contributed by atoms with E-state index in [0.29, 0.717) is 5.17 Å². The summed E-state index contributed by atoms with van der Waals surface area (Å²) in [5, 5.41) is 22.1. The van der Waals surface area contributed by atoms with E-state index in [1.165, 1.54) is 0 Å². The van der Waals surface area contributed by atoms with Gasteiger partial charge in [0.2, 0.25) is 0 Å². The largest absolute Gasteiger partial charge is 0.417 e. The molecule has 1 fully saturated rings. The molecule has 5 nitrogen and oxygen atoms in total. The second-order valence-electron chi connectivity index (χ2n) is 4.13. The van der Waals surface area contributed by atoms with Gasteiger partial charge in [-0.05, 0) is 0 Å². The van der Waals surface area contributed by atoms with Gasteiger partial charge < -0.3 is 20.3 Å². The van der Waals surface area contributed by atoms with E-state index >= 15 is 0 Å². The highest BCUT2D eigenvalue weighted by atomic mass is 32.2. The number of aliphatic imine (C=N–C) groups is 1. The van der Waals surface area contributed by atoms with Crippen LogP contribution in [0, 0.1) is 0 Å².